The molecule has 2 rings (SSSR count). The van der Waals surface area contributed by atoms with E-state index in [9.17, 15) is 43.2 Å². The van der Waals surface area contributed by atoms with Crippen LogP contribution in [0.15, 0.2) is 21.9 Å². The SMILES string of the molecule is O=C(O)CN(CCN(CC(=O)O)CC(=O)NCCNC(=O)/C=C/c1cn([C@H]2C[C@H](O)[C@@H](COP(=O)(O)O)O2)c(=O)[nH]c1=O)CC(=O)O. The third-order valence-electron chi connectivity index (χ3n) is 6.25. The van der Waals surface area contributed by atoms with E-state index in [0.29, 0.717) is 0 Å². The Kier molecular flexibility index (Phi) is 15.0. The maximum absolute atomic E-state index is 12.3. The van der Waals surface area contributed by atoms with E-state index >= 15 is 0 Å². The van der Waals surface area contributed by atoms with Gasteiger partial charge in [0.2, 0.25) is 11.8 Å². The zero-order chi connectivity index (χ0) is 35.3. The van der Waals surface area contributed by atoms with Crippen molar-refractivity contribution in [3.63, 3.8) is 0 Å². The average molecular weight is 695 g/mol. The number of phosphoric ester groups is 1. The molecule has 22 nitrogen and oxygen atoms in total. The van der Waals surface area contributed by atoms with Crippen molar-refractivity contribution in [1.29, 1.82) is 0 Å². The van der Waals surface area contributed by atoms with Gasteiger partial charge in [-0.05, 0) is 6.08 Å². The first kappa shape index (κ1) is 38.9. The van der Waals surface area contributed by atoms with Crippen molar-refractivity contribution in [2.75, 3.05) is 59.0 Å². The number of hydrogen-bond donors (Lipinski definition) is 9. The summed E-state index contributed by atoms with van der Waals surface area (Å²) in [5.41, 5.74) is -1.94. The fourth-order valence-corrected chi connectivity index (χ4v) is 4.54. The molecule has 1 saturated heterocycles. The summed E-state index contributed by atoms with van der Waals surface area (Å²) in [4.78, 5) is 104. The Morgan fingerprint density at radius 3 is 2.09 bits per heavy atom. The number of aromatic nitrogens is 2. The number of nitrogens with zero attached hydrogens (tertiary/aromatic N) is 3. The Labute approximate surface area is 264 Å². The van der Waals surface area contributed by atoms with E-state index in [1.807, 2.05) is 4.98 Å². The highest BCUT2D eigenvalue weighted by Crippen LogP contribution is 2.38. The van der Waals surface area contributed by atoms with Gasteiger partial charge in [-0.15, -0.1) is 0 Å². The summed E-state index contributed by atoms with van der Waals surface area (Å²) in [5.74, 6) is -5.19. The fraction of sp³-hybridized carbons (Fsp3) is 0.542. The highest BCUT2D eigenvalue weighted by Gasteiger charge is 2.37. The number of ether oxygens (including phenoxy) is 1. The minimum atomic E-state index is -4.85. The van der Waals surface area contributed by atoms with Crippen LogP contribution in [-0.2, 0) is 37.8 Å². The monoisotopic (exact) mass is 694 g/mol. The van der Waals surface area contributed by atoms with Crippen molar-refractivity contribution >= 4 is 43.6 Å². The van der Waals surface area contributed by atoms with Crippen molar-refractivity contribution in [3.05, 3.63) is 38.7 Å². The van der Waals surface area contributed by atoms with E-state index in [1.165, 1.54) is 4.90 Å². The number of carbonyl (C=O) groups excluding carboxylic acids is 2. The highest BCUT2D eigenvalue weighted by atomic mass is 31.2. The number of hydrogen-bond acceptors (Lipinski definition) is 13. The van der Waals surface area contributed by atoms with Crippen LogP contribution in [0, 0.1) is 0 Å². The van der Waals surface area contributed by atoms with Crippen LogP contribution in [0.5, 0.6) is 0 Å². The first-order chi connectivity index (χ1) is 21.9. The number of nitrogens with one attached hydrogen (secondary N) is 3. The topological polar surface area (TPSA) is 328 Å². The molecule has 3 atom stereocenters. The van der Waals surface area contributed by atoms with Gasteiger partial charge in [0.25, 0.3) is 5.56 Å². The van der Waals surface area contributed by atoms with Gasteiger partial charge in [-0.1, -0.05) is 0 Å². The molecule has 0 unspecified atom stereocenters. The maximum atomic E-state index is 12.3. The van der Waals surface area contributed by atoms with Gasteiger partial charge in [-0.25, -0.2) is 9.36 Å². The molecular formula is C24H35N6O16P. The van der Waals surface area contributed by atoms with Crippen molar-refractivity contribution in [1.82, 2.24) is 30.0 Å². The molecule has 1 aliphatic rings. The Hall–Kier alpha value is -4.28. The number of carboxylic acids is 3. The quantitative estimate of drug-likeness (QED) is 0.0352. The summed E-state index contributed by atoms with van der Waals surface area (Å²) in [5, 5.41) is 42.0. The van der Waals surface area contributed by atoms with Gasteiger partial charge in [0.1, 0.15) is 12.3 Å². The summed E-state index contributed by atoms with van der Waals surface area (Å²) < 4.78 is 21.6. The van der Waals surface area contributed by atoms with E-state index < -0.39 is 100 Å². The molecule has 1 aliphatic heterocycles. The van der Waals surface area contributed by atoms with Crippen molar-refractivity contribution in [2.24, 2.45) is 0 Å². The van der Waals surface area contributed by atoms with Crippen LogP contribution in [-0.4, -0.2) is 150 Å². The molecule has 1 aromatic heterocycles. The van der Waals surface area contributed by atoms with Gasteiger partial charge in [-0.3, -0.25) is 52.6 Å². The van der Waals surface area contributed by atoms with Crippen LogP contribution >= 0.6 is 7.82 Å². The van der Waals surface area contributed by atoms with E-state index in [0.717, 1.165) is 27.8 Å². The summed E-state index contributed by atoms with van der Waals surface area (Å²) in [7, 11) is -4.85. The second-order valence-corrected chi connectivity index (χ2v) is 11.3. The fourth-order valence-electron chi connectivity index (χ4n) is 4.20. The predicted octanol–water partition coefficient (Wildman–Crippen LogP) is -4.60. The Morgan fingerprint density at radius 2 is 1.53 bits per heavy atom. The minimum Gasteiger partial charge on any atom is -0.480 e. The number of aliphatic hydroxyl groups is 1. The van der Waals surface area contributed by atoms with Gasteiger partial charge in [0.15, 0.2) is 0 Å². The number of H-pyrrole nitrogens is 1. The van der Waals surface area contributed by atoms with Crippen LogP contribution in [0.4, 0.5) is 0 Å². The zero-order valence-corrected chi connectivity index (χ0v) is 25.5. The van der Waals surface area contributed by atoms with E-state index in [2.05, 4.69) is 15.2 Å². The minimum absolute atomic E-state index is 0.0941. The molecular weight excluding hydrogens is 659 g/mol. The lowest BCUT2D eigenvalue weighted by atomic mass is 10.2. The third-order valence-corrected chi connectivity index (χ3v) is 6.74. The average Bonchev–Trinajstić information content (AvgIpc) is 3.31. The first-order valence-corrected chi connectivity index (χ1v) is 15.2. The number of aliphatic hydroxyl groups excluding tert-OH is 1. The molecule has 0 bridgehead atoms. The molecule has 1 aromatic rings. The zero-order valence-electron chi connectivity index (χ0n) is 24.6. The Morgan fingerprint density at radius 1 is 0.979 bits per heavy atom. The highest BCUT2D eigenvalue weighted by molar-refractivity contribution is 7.46. The number of carboxylic acid groups (broad SMARTS) is 3. The van der Waals surface area contributed by atoms with Gasteiger partial charge >= 0.3 is 31.4 Å². The smallest absolute Gasteiger partial charge is 0.469 e. The molecule has 9 N–H and O–H groups in total. The molecule has 23 heteroatoms. The molecule has 1 fully saturated rings. The van der Waals surface area contributed by atoms with Crippen LogP contribution in [0.3, 0.4) is 0 Å². The number of aliphatic carboxylic acids is 3. The molecule has 47 heavy (non-hydrogen) atoms. The summed E-state index contributed by atoms with van der Waals surface area (Å²) in [6.45, 7) is -3.37. The van der Waals surface area contributed by atoms with Crippen molar-refractivity contribution in [2.45, 2.75) is 24.9 Å². The molecule has 0 spiro atoms. The number of aromatic amines is 1. The standard InChI is InChI=1S/C24H35N6O16P/c31-15-7-19(46-16(15)13-45-47(42,43)44)30-8-14(23(40)27-24(30)41)1-2-17(32)25-3-4-26-18(33)9-28(10-20(34)35)5-6-29(11-21(36)37)12-22(38)39/h1-2,8,15-16,19,31H,3-7,9-13H2,(H,25,32)(H,26,33)(H,34,35)(H,36,37)(H,38,39)(H,27,40,41)(H2,42,43,44)/b2-1+/t15-,16+,19+/m0/s1. The Balaban J connectivity index is 1.88. The lowest BCUT2D eigenvalue weighted by Crippen LogP contribution is -2.46. The number of rotatable bonds is 20. The number of amides is 2. The number of phosphoric acid groups is 1. The summed E-state index contributed by atoms with van der Waals surface area (Å²) in [6.07, 6.45) is -0.673. The molecule has 2 amide bonds. The van der Waals surface area contributed by atoms with Gasteiger partial charge < -0.3 is 45.6 Å². The molecule has 0 saturated carbocycles. The maximum Gasteiger partial charge on any atom is 0.469 e. The summed E-state index contributed by atoms with van der Waals surface area (Å²) in [6, 6.07) is 0. The molecule has 0 aromatic carbocycles. The van der Waals surface area contributed by atoms with Crippen LogP contribution < -0.4 is 21.9 Å². The van der Waals surface area contributed by atoms with Gasteiger partial charge in [-0.2, -0.15) is 0 Å². The van der Waals surface area contributed by atoms with E-state index in [1.54, 1.807) is 0 Å². The lowest BCUT2D eigenvalue weighted by Gasteiger charge is -2.24. The molecule has 262 valence electrons. The van der Waals surface area contributed by atoms with Gasteiger partial charge in [0.05, 0.1) is 44.5 Å². The van der Waals surface area contributed by atoms with Crippen LogP contribution in [0.2, 0.25) is 0 Å². The molecule has 0 radical (unpaired) electrons. The summed E-state index contributed by atoms with van der Waals surface area (Å²) >= 11 is 0. The van der Waals surface area contributed by atoms with E-state index in [4.69, 9.17) is 29.8 Å². The van der Waals surface area contributed by atoms with Crippen LogP contribution in [0.1, 0.15) is 18.2 Å². The van der Waals surface area contributed by atoms with Crippen LogP contribution in [0.25, 0.3) is 6.08 Å². The predicted molar refractivity (Wildman–Crippen MR) is 155 cm³/mol. The second kappa shape index (κ2) is 18.2. The first-order valence-electron chi connectivity index (χ1n) is 13.6. The molecule has 0 aliphatic carbocycles. The van der Waals surface area contributed by atoms with Crippen molar-refractivity contribution < 1.29 is 68.0 Å². The van der Waals surface area contributed by atoms with Gasteiger partial charge in [0, 0.05) is 44.9 Å². The second-order valence-electron chi connectivity index (χ2n) is 10.0. The largest absolute Gasteiger partial charge is 0.480 e. The van der Waals surface area contributed by atoms with Crippen molar-refractivity contribution in [3.8, 4) is 0 Å². The Bertz CT molecular complexity index is 1470. The molecule has 2 heterocycles. The third kappa shape index (κ3) is 14.8. The van der Waals surface area contributed by atoms with E-state index in [-0.39, 0.29) is 38.2 Å². The normalized spacial score (nSPS) is 18.1. The lowest BCUT2D eigenvalue weighted by molar-refractivity contribution is -0.143. The number of carbonyl (C=O) groups is 5.